The van der Waals surface area contributed by atoms with E-state index < -0.39 is 0 Å². The number of carbonyl (C=O) groups is 1. The van der Waals surface area contributed by atoms with Gasteiger partial charge in [0.05, 0.1) is 7.11 Å². The summed E-state index contributed by atoms with van der Waals surface area (Å²) in [6, 6.07) is 17.1. The topological polar surface area (TPSA) is 38.3 Å². The van der Waals surface area contributed by atoms with Crippen LogP contribution in [0.25, 0.3) is 20.5 Å². The van der Waals surface area contributed by atoms with E-state index in [0.717, 1.165) is 18.6 Å². The Morgan fingerprint density at radius 2 is 2.04 bits per heavy atom. The van der Waals surface area contributed by atoms with Crippen LogP contribution >= 0.6 is 11.3 Å². The summed E-state index contributed by atoms with van der Waals surface area (Å²) in [4.78, 5) is 13.3. The van der Waals surface area contributed by atoms with Gasteiger partial charge in [-0.3, -0.25) is 4.79 Å². The summed E-state index contributed by atoms with van der Waals surface area (Å²) < 4.78 is 6.72. The van der Waals surface area contributed by atoms with Gasteiger partial charge in [-0.2, -0.15) is 0 Å². The summed E-state index contributed by atoms with van der Waals surface area (Å²) in [5.41, 5.74) is 2.60. The van der Waals surface area contributed by atoms with Crippen LogP contribution in [-0.2, 0) is 4.79 Å². The van der Waals surface area contributed by atoms with Crippen molar-refractivity contribution in [3.63, 3.8) is 0 Å². The summed E-state index contributed by atoms with van der Waals surface area (Å²) in [5, 5.41) is 4.45. The van der Waals surface area contributed by atoms with Crippen LogP contribution in [0.1, 0.15) is 37.7 Å². The van der Waals surface area contributed by atoms with E-state index in [4.69, 9.17) is 4.74 Å². The fraction of sp³-hybridized carbons (Fsp3) is 0.318. The first-order valence-electron chi connectivity index (χ1n) is 9.16. The Hall–Kier alpha value is -2.33. The number of nitrogens with one attached hydrogen (secondary N) is 1. The maximum Gasteiger partial charge on any atom is 0.220 e. The third kappa shape index (κ3) is 3.21. The molecular formula is C22H23NO2S. The molecule has 1 amide bonds. The van der Waals surface area contributed by atoms with E-state index in [0.29, 0.717) is 12.3 Å². The third-order valence-electron chi connectivity index (χ3n) is 4.95. The molecule has 0 radical (unpaired) electrons. The first-order chi connectivity index (χ1) is 12.7. The van der Waals surface area contributed by atoms with Crippen LogP contribution in [0.4, 0.5) is 0 Å². The molecule has 0 aliphatic heterocycles. The van der Waals surface area contributed by atoms with Crippen LogP contribution in [0.3, 0.4) is 0 Å². The molecular weight excluding hydrogens is 342 g/mol. The molecule has 2 aromatic carbocycles. The molecule has 1 fully saturated rings. The van der Waals surface area contributed by atoms with Gasteiger partial charge in [0.15, 0.2) is 0 Å². The van der Waals surface area contributed by atoms with Crippen molar-refractivity contribution in [1.82, 2.24) is 5.32 Å². The molecule has 26 heavy (non-hydrogen) atoms. The summed E-state index contributed by atoms with van der Waals surface area (Å²) in [7, 11) is 1.70. The highest BCUT2D eigenvalue weighted by atomic mass is 32.1. The molecule has 0 spiro atoms. The molecule has 0 saturated heterocycles. The summed E-state index contributed by atoms with van der Waals surface area (Å²) in [6.45, 7) is 2.04. The molecule has 1 aliphatic rings. The lowest BCUT2D eigenvalue weighted by Crippen LogP contribution is -2.26. The Bertz CT molecular complexity index is 932. The highest BCUT2D eigenvalue weighted by molar-refractivity contribution is 7.22. The van der Waals surface area contributed by atoms with Crippen LogP contribution in [-0.4, -0.2) is 19.1 Å². The van der Waals surface area contributed by atoms with E-state index >= 15 is 0 Å². The smallest absolute Gasteiger partial charge is 0.220 e. The predicted octanol–water partition coefficient (Wildman–Crippen LogP) is 5.35. The molecule has 1 aromatic heterocycles. The summed E-state index contributed by atoms with van der Waals surface area (Å²) in [6.07, 6.45) is 2.50. The van der Waals surface area contributed by atoms with Crippen LogP contribution < -0.4 is 10.1 Å². The highest BCUT2D eigenvalue weighted by Gasteiger charge is 2.42. The van der Waals surface area contributed by atoms with E-state index in [-0.39, 0.29) is 11.9 Å². The fourth-order valence-electron chi connectivity index (χ4n) is 3.57. The number of rotatable bonds is 6. The molecule has 3 aromatic rings. The van der Waals surface area contributed by atoms with Crippen molar-refractivity contribution in [2.75, 3.05) is 7.11 Å². The van der Waals surface area contributed by atoms with Gasteiger partial charge in [-0.15, -0.1) is 11.3 Å². The number of hydrogen-bond donors (Lipinski definition) is 1. The van der Waals surface area contributed by atoms with E-state index in [1.54, 1.807) is 7.11 Å². The lowest BCUT2D eigenvalue weighted by molar-refractivity contribution is -0.121. The second kappa shape index (κ2) is 7.12. The van der Waals surface area contributed by atoms with Crippen LogP contribution in [0.2, 0.25) is 0 Å². The molecule has 0 unspecified atom stereocenters. The molecule has 2 atom stereocenters. The van der Waals surface area contributed by atoms with E-state index in [1.165, 1.54) is 26.1 Å². The number of methoxy groups -OCH3 is 1. The Balaban J connectivity index is 1.75. The van der Waals surface area contributed by atoms with Gasteiger partial charge in [-0.25, -0.2) is 0 Å². The molecule has 3 nitrogen and oxygen atoms in total. The SMILES string of the molecule is CCCC(=O)N[C@@H]1C[C@H]1c1c(-c2ccccc2)sc2ccc(OC)cc12. The number of benzene rings is 2. The minimum absolute atomic E-state index is 0.165. The molecule has 1 aliphatic carbocycles. The number of fused-ring (bicyclic) bond motifs is 1. The fourth-order valence-corrected chi connectivity index (χ4v) is 4.83. The van der Waals surface area contributed by atoms with Gasteiger partial charge in [-0.1, -0.05) is 37.3 Å². The average molecular weight is 365 g/mol. The van der Waals surface area contributed by atoms with E-state index in [1.807, 2.05) is 30.4 Å². The predicted molar refractivity (Wildman–Crippen MR) is 108 cm³/mol. The van der Waals surface area contributed by atoms with Gasteiger partial charge in [-0.05, 0) is 42.2 Å². The van der Waals surface area contributed by atoms with Crippen molar-refractivity contribution in [3.8, 4) is 16.2 Å². The van der Waals surface area contributed by atoms with Crippen molar-refractivity contribution in [2.24, 2.45) is 0 Å². The first kappa shape index (κ1) is 17.1. The van der Waals surface area contributed by atoms with Gasteiger partial charge in [0.1, 0.15) is 5.75 Å². The molecule has 1 N–H and O–H groups in total. The second-order valence-corrected chi connectivity index (χ2v) is 7.89. The van der Waals surface area contributed by atoms with Gasteiger partial charge in [0.2, 0.25) is 5.91 Å². The van der Waals surface area contributed by atoms with Crippen molar-refractivity contribution in [1.29, 1.82) is 0 Å². The molecule has 134 valence electrons. The Morgan fingerprint density at radius 3 is 2.77 bits per heavy atom. The first-order valence-corrected chi connectivity index (χ1v) is 9.98. The maximum atomic E-state index is 12.0. The number of thiophene rings is 1. The molecule has 0 bridgehead atoms. The van der Waals surface area contributed by atoms with E-state index in [2.05, 4.69) is 41.7 Å². The maximum absolute atomic E-state index is 12.0. The van der Waals surface area contributed by atoms with Crippen molar-refractivity contribution in [3.05, 3.63) is 54.1 Å². The highest BCUT2D eigenvalue weighted by Crippen LogP contribution is 2.52. The largest absolute Gasteiger partial charge is 0.497 e. The monoisotopic (exact) mass is 365 g/mol. The third-order valence-corrected chi connectivity index (χ3v) is 6.19. The van der Waals surface area contributed by atoms with Crippen molar-refractivity contribution in [2.45, 2.75) is 38.1 Å². The van der Waals surface area contributed by atoms with Crippen molar-refractivity contribution >= 4 is 27.3 Å². The van der Waals surface area contributed by atoms with E-state index in [9.17, 15) is 4.79 Å². The van der Waals surface area contributed by atoms with Gasteiger partial charge >= 0.3 is 0 Å². The lowest BCUT2D eigenvalue weighted by Gasteiger charge is -2.07. The zero-order valence-corrected chi connectivity index (χ0v) is 15.9. The Labute approximate surface area is 158 Å². The minimum atomic E-state index is 0.165. The zero-order chi connectivity index (χ0) is 18.1. The second-order valence-electron chi connectivity index (χ2n) is 6.84. The molecule has 4 heteroatoms. The minimum Gasteiger partial charge on any atom is -0.497 e. The zero-order valence-electron chi connectivity index (χ0n) is 15.1. The number of carbonyl (C=O) groups excluding carboxylic acids is 1. The number of amides is 1. The van der Waals surface area contributed by atoms with Gasteiger partial charge in [0, 0.05) is 33.3 Å². The van der Waals surface area contributed by atoms with Crippen LogP contribution in [0, 0.1) is 0 Å². The quantitative estimate of drug-likeness (QED) is 0.639. The average Bonchev–Trinajstić information content (AvgIpc) is 3.30. The van der Waals surface area contributed by atoms with Gasteiger partial charge in [0.25, 0.3) is 0 Å². The summed E-state index contributed by atoms with van der Waals surface area (Å²) in [5.74, 6) is 1.42. The van der Waals surface area contributed by atoms with Crippen molar-refractivity contribution < 1.29 is 9.53 Å². The molecule has 1 heterocycles. The van der Waals surface area contributed by atoms with Gasteiger partial charge < -0.3 is 10.1 Å². The van der Waals surface area contributed by atoms with Crippen LogP contribution in [0.5, 0.6) is 5.75 Å². The number of hydrogen-bond acceptors (Lipinski definition) is 3. The number of ether oxygens (including phenoxy) is 1. The normalized spacial score (nSPS) is 18.7. The van der Waals surface area contributed by atoms with Crippen LogP contribution in [0.15, 0.2) is 48.5 Å². The Morgan fingerprint density at radius 1 is 1.23 bits per heavy atom. The standard InChI is InChI=1S/C22H23NO2S/c1-3-7-20(24)23-18-13-16(18)21-17-12-15(25-2)10-11-19(17)26-22(21)14-8-5-4-6-9-14/h4-6,8-12,16,18H,3,7,13H2,1-2H3,(H,23,24)/t16-,18-/m1/s1. The summed E-state index contributed by atoms with van der Waals surface area (Å²) >= 11 is 1.83. The molecule has 1 saturated carbocycles. The lowest BCUT2D eigenvalue weighted by atomic mass is 10.0. The molecule has 4 rings (SSSR count). The Kier molecular flexibility index (Phi) is 4.68.